The van der Waals surface area contributed by atoms with Crippen LogP contribution in [0.5, 0.6) is 5.75 Å². The zero-order chi connectivity index (χ0) is 84.4. The number of fused-ring (bicyclic) bond motifs is 1. The molecule has 0 aliphatic heterocycles. The number of aliphatic hydroxyl groups excluding tert-OH is 2. The number of aromatic hydroxyl groups is 1. The number of aliphatic hydroxyl groups is 2. The summed E-state index contributed by atoms with van der Waals surface area (Å²) in [4.78, 5) is 186. The number of nitrogens with two attached hydrogens (primary N) is 1. The molecule has 0 saturated carbocycles. The fourth-order valence-electron chi connectivity index (χ4n) is 13.0. The summed E-state index contributed by atoms with van der Waals surface area (Å²) in [5.74, 6) is -11.3. The number of rotatable bonds is 49. The lowest BCUT2D eigenvalue weighted by Crippen LogP contribution is -2.64. The molecule has 1 aromatic heterocycles. The van der Waals surface area contributed by atoms with E-state index in [4.69, 9.17) is 5.73 Å². The summed E-state index contributed by atoms with van der Waals surface area (Å²) in [7, 11) is 0. The molecule has 0 bridgehead atoms. The minimum absolute atomic E-state index is 0.0508. The van der Waals surface area contributed by atoms with Gasteiger partial charge >= 0.3 is 0 Å². The van der Waals surface area contributed by atoms with Gasteiger partial charge in [-0.2, -0.15) is 0 Å². The monoisotopic (exact) mass is 1580 g/mol. The number of Topliss-reactive ketones (excluding diaryl/α,β-unsaturated/α-hetero) is 1. The van der Waals surface area contributed by atoms with Crippen LogP contribution in [0.15, 0.2) is 128 Å². The van der Waals surface area contributed by atoms with Gasteiger partial charge in [0, 0.05) is 62.0 Å². The molecule has 1 heterocycles. The van der Waals surface area contributed by atoms with Gasteiger partial charge in [-0.1, -0.05) is 157 Å². The first-order valence-electron chi connectivity index (χ1n) is 39.5. The lowest BCUT2D eigenvalue weighted by atomic mass is 9.87. The van der Waals surface area contributed by atoms with Crippen LogP contribution in [-0.2, 0) is 88.0 Å². The number of carbonyl (C=O) groups is 13. The number of primary amides is 1. The number of amides is 12. The smallest absolute Gasteiger partial charge is 0.246 e. The topological polar surface area (TPSA) is 457 Å². The van der Waals surface area contributed by atoms with Crippen molar-refractivity contribution in [3.05, 3.63) is 150 Å². The van der Waals surface area contributed by atoms with Gasteiger partial charge < -0.3 is 84.5 Å². The van der Waals surface area contributed by atoms with Gasteiger partial charge in [0.15, 0.2) is 5.78 Å². The molecule has 5 rings (SSSR count). The molecule has 29 nitrogen and oxygen atoms in total. The predicted molar refractivity (Wildman–Crippen MR) is 434 cm³/mol. The Balaban J connectivity index is 1.39. The number of phenolic OH excluding ortho intramolecular Hbond substituents is 1. The first-order valence-corrected chi connectivity index (χ1v) is 39.5. The van der Waals surface area contributed by atoms with Crippen LogP contribution in [0.4, 0.5) is 0 Å². The number of unbranched alkanes of at least 4 members (excludes halogenated alkanes) is 5. The van der Waals surface area contributed by atoms with E-state index in [1.165, 1.54) is 72.7 Å². The molecule has 12 atom stereocenters. The van der Waals surface area contributed by atoms with E-state index in [0.717, 1.165) is 43.0 Å². The van der Waals surface area contributed by atoms with E-state index in [1.54, 1.807) is 66.9 Å². The molecule has 4 aromatic carbocycles. The number of para-hydroxylation sites is 1. The lowest BCUT2D eigenvalue weighted by molar-refractivity contribution is -0.138. The van der Waals surface area contributed by atoms with Crippen LogP contribution in [0.2, 0.25) is 0 Å². The van der Waals surface area contributed by atoms with Gasteiger partial charge in [-0.05, 0) is 145 Å². The summed E-state index contributed by atoms with van der Waals surface area (Å²) < 4.78 is 0. The molecule has 0 fully saturated rings. The Kier molecular flexibility index (Phi) is 38.2. The highest BCUT2D eigenvalue weighted by Crippen LogP contribution is 2.26. The highest BCUT2D eigenvalue weighted by molar-refractivity contribution is 6.00. The summed E-state index contributed by atoms with van der Waals surface area (Å²) in [5, 5.41) is 61.6. The van der Waals surface area contributed by atoms with Gasteiger partial charge in [-0.25, -0.2) is 0 Å². The molecule has 3 unspecified atom stereocenters. The van der Waals surface area contributed by atoms with Gasteiger partial charge in [0.2, 0.25) is 70.9 Å². The third-order valence-electron chi connectivity index (χ3n) is 19.6. The van der Waals surface area contributed by atoms with Crippen LogP contribution in [0.25, 0.3) is 10.9 Å². The molecule has 5 aromatic rings. The maximum Gasteiger partial charge on any atom is 0.246 e. The lowest BCUT2D eigenvalue weighted by Gasteiger charge is -2.33. The average molecular weight is 1580 g/mol. The molecule has 0 spiro atoms. The molecule has 0 radical (unpaired) electrons. The van der Waals surface area contributed by atoms with Gasteiger partial charge in [-0.15, -0.1) is 0 Å². The maximum absolute atomic E-state index is 15.2. The second kappa shape index (κ2) is 46.4. The van der Waals surface area contributed by atoms with Crippen LogP contribution in [0.3, 0.4) is 0 Å². The van der Waals surface area contributed by atoms with Crippen LogP contribution in [-0.4, -0.2) is 175 Å². The fraction of sp³-hybridized carbons (Fsp3) is 0.518. The average Bonchev–Trinajstić information content (AvgIpc) is 1.43. The Hall–Kier alpha value is -10.8. The molecule has 12 amide bonds. The highest BCUT2D eigenvalue weighted by atomic mass is 16.3. The SMILES string of the molecule is CCCCCCC=CCCC[C@](C)(NC(=O)[C@@H](CCC(=O)[C@H](Cc1c[nH]c2ccccc12)NC(=O)[C@H](Cc1ccc(O)cc1)NC(=O)C(C)NC(=O)C(C)(C)NC(=O)[C@H](Cc1ccccc1)NC(=O)[C@@H](NC(=O)[C@H](CC(C)C)NC(C)=O)[C@@H](C)O)CC(C)C)C(=O)NC(CO)C(=O)N[C@@H](C)C(=O)NC(Cc1ccccc1)C(N)=O. The summed E-state index contributed by atoms with van der Waals surface area (Å²) in [6, 6.07) is 18.2. The summed E-state index contributed by atoms with van der Waals surface area (Å²) in [5.41, 5.74) is 5.22. The van der Waals surface area contributed by atoms with Crippen molar-refractivity contribution in [3.63, 3.8) is 0 Å². The zero-order valence-electron chi connectivity index (χ0n) is 67.9. The van der Waals surface area contributed by atoms with Gasteiger partial charge in [0.1, 0.15) is 65.2 Å². The van der Waals surface area contributed by atoms with Gasteiger partial charge in [0.25, 0.3) is 0 Å². The van der Waals surface area contributed by atoms with Gasteiger partial charge in [0.05, 0.1) is 18.8 Å². The zero-order valence-corrected chi connectivity index (χ0v) is 67.9. The third-order valence-corrected chi connectivity index (χ3v) is 19.6. The van der Waals surface area contributed by atoms with E-state index in [2.05, 4.69) is 76.5 Å². The number of carbonyl (C=O) groups excluding carboxylic acids is 13. The van der Waals surface area contributed by atoms with Crippen LogP contribution in [0.1, 0.15) is 182 Å². The van der Waals surface area contributed by atoms with Crippen LogP contribution < -0.4 is 64.2 Å². The molecule has 0 saturated heterocycles. The molecular weight excluding hydrogens is 1460 g/mol. The number of nitrogens with one attached hydrogen (secondary N) is 12. The van der Waals surface area contributed by atoms with Crippen molar-refractivity contribution in [2.24, 2.45) is 23.5 Å². The Bertz CT molecular complexity index is 4050. The molecule has 114 heavy (non-hydrogen) atoms. The number of allylic oxidation sites excluding steroid dienone is 2. The Morgan fingerprint density at radius 1 is 0.491 bits per heavy atom. The first-order chi connectivity index (χ1) is 53.9. The standard InChI is InChI=1S/C85H121N13O16/c1-13-14-15-16-17-18-19-20-29-42-85(12,83(114)95-70(50-99)79(110)88-53(6)74(105)92-66(73(86)104)45-57-30-23-21-24-31-57)98-76(107)60(43-51(2)3)38-41-71(103)65(48-61-49-87-64-35-28-27-34-63(61)64)91-77(108)68(47-59-36-39-62(102)40-37-59)93-75(106)54(7)89-82(113)84(10,11)97-80(111)69(46-58-32-25-22-26-33-58)94-81(112)72(55(8)100)96-78(109)67(44-52(4)5)90-56(9)101/h18-19,21-28,30-37,39-40,49,51-55,60,65-70,72,87,99-100,102H,13-17,20,29,38,41-48,50H2,1-12H3,(H2,86,104)(H,88,110)(H,89,113)(H,90,101)(H,91,108)(H,92,105)(H,93,106)(H,94,112)(H,95,114)(H,96,109)(H,97,111)(H,98,107)/t53-,54?,55+,60-,65-,66?,67-,68-,69-,70?,72-,85-/m0/s1. The van der Waals surface area contributed by atoms with E-state index in [0.29, 0.717) is 35.1 Å². The number of H-pyrrole nitrogens is 1. The molecule has 622 valence electrons. The van der Waals surface area contributed by atoms with E-state index >= 15 is 14.4 Å². The van der Waals surface area contributed by atoms with E-state index in [-0.39, 0.29) is 75.4 Å². The van der Waals surface area contributed by atoms with Crippen molar-refractivity contribution in [2.45, 2.75) is 257 Å². The van der Waals surface area contributed by atoms with Crippen molar-refractivity contribution < 1.29 is 77.6 Å². The Morgan fingerprint density at radius 2 is 1.01 bits per heavy atom. The number of hydrogen-bond donors (Lipinski definition) is 16. The second-order valence-corrected chi connectivity index (χ2v) is 31.2. The minimum atomic E-state index is -1.82. The van der Waals surface area contributed by atoms with Crippen LogP contribution >= 0.6 is 0 Å². The van der Waals surface area contributed by atoms with E-state index in [1.807, 2.05) is 58.0 Å². The number of ketones is 1. The summed E-state index contributed by atoms with van der Waals surface area (Å²) in [6.45, 7) is 18.1. The first kappa shape index (κ1) is 93.8. The molecule has 0 aliphatic carbocycles. The molecule has 17 N–H and O–H groups in total. The van der Waals surface area contributed by atoms with Crippen molar-refractivity contribution >= 4 is 87.6 Å². The summed E-state index contributed by atoms with van der Waals surface area (Å²) in [6.07, 6.45) is 10.1. The van der Waals surface area contributed by atoms with E-state index in [9.17, 15) is 63.3 Å². The quantitative estimate of drug-likeness (QED) is 0.0181. The molecule has 0 aliphatic rings. The third kappa shape index (κ3) is 31.3. The van der Waals surface area contributed by atoms with Crippen molar-refractivity contribution in [1.82, 2.24) is 63.5 Å². The molecule has 29 heteroatoms. The number of aromatic amines is 1. The number of phenols is 1. The Labute approximate surface area is 668 Å². The number of hydrogen-bond acceptors (Lipinski definition) is 16. The van der Waals surface area contributed by atoms with Crippen molar-refractivity contribution in [3.8, 4) is 5.75 Å². The highest BCUT2D eigenvalue weighted by Gasteiger charge is 2.41. The fourth-order valence-corrected chi connectivity index (χ4v) is 13.0. The molecular formula is C85H121N13O16. The predicted octanol–water partition coefficient (Wildman–Crippen LogP) is 4.95. The number of benzene rings is 4. The van der Waals surface area contributed by atoms with Crippen molar-refractivity contribution in [1.29, 1.82) is 0 Å². The summed E-state index contributed by atoms with van der Waals surface area (Å²) >= 11 is 0. The maximum atomic E-state index is 15.2. The largest absolute Gasteiger partial charge is 0.508 e. The normalized spacial score (nSPS) is 15.0. The van der Waals surface area contributed by atoms with Gasteiger partial charge in [-0.3, -0.25) is 62.3 Å². The second-order valence-electron chi connectivity index (χ2n) is 31.2. The van der Waals surface area contributed by atoms with Crippen molar-refractivity contribution in [2.75, 3.05) is 6.61 Å². The minimum Gasteiger partial charge on any atom is -0.508 e. The van der Waals surface area contributed by atoms with Crippen LogP contribution in [0, 0.1) is 17.8 Å². The number of aromatic nitrogens is 1. The van der Waals surface area contributed by atoms with E-state index < -0.39 is 161 Å². The Morgan fingerprint density at radius 3 is 1.58 bits per heavy atom.